The first kappa shape index (κ1) is 18.9. The van der Waals surface area contributed by atoms with Crippen LogP contribution in [-0.2, 0) is 19.6 Å². The SMILES string of the molecule is CCOC(=O)c1ccc(NS(=O)(=O)c2ccc(N3CCCC3=O)cc2)cc1. The fourth-order valence-corrected chi connectivity index (χ4v) is 3.89. The molecule has 1 heterocycles. The van der Waals surface area contributed by atoms with Crippen LogP contribution in [0.3, 0.4) is 0 Å². The maximum atomic E-state index is 12.5. The Morgan fingerprint density at radius 1 is 1.11 bits per heavy atom. The molecule has 8 heteroatoms. The lowest BCUT2D eigenvalue weighted by molar-refractivity contribution is -0.117. The van der Waals surface area contributed by atoms with Crippen LogP contribution < -0.4 is 9.62 Å². The Labute approximate surface area is 158 Å². The van der Waals surface area contributed by atoms with Gasteiger partial charge in [-0.1, -0.05) is 0 Å². The lowest BCUT2D eigenvalue weighted by Gasteiger charge is -2.16. The third-order valence-electron chi connectivity index (χ3n) is 4.18. The summed E-state index contributed by atoms with van der Waals surface area (Å²) < 4.78 is 32.4. The zero-order valence-corrected chi connectivity index (χ0v) is 15.7. The fourth-order valence-electron chi connectivity index (χ4n) is 2.83. The number of anilines is 2. The number of benzene rings is 2. The molecule has 1 aliphatic heterocycles. The Kier molecular flexibility index (Phi) is 5.46. The van der Waals surface area contributed by atoms with Gasteiger partial charge in [-0.05, 0) is 61.9 Å². The van der Waals surface area contributed by atoms with E-state index in [0.717, 1.165) is 6.42 Å². The van der Waals surface area contributed by atoms with Crippen molar-refractivity contribution in [3.05, 3.63) is 54.1 Å². The van der Waals surface area contributed by atoms with E-state index in [1.165, 1.54) is 36.4 Å². The molecule has 2 aromatic rings. The summed E-state index contributed by atoms with van der Waals surface area (Å²) in [6.45, 7) is 2.63. The second kappa shape index (κ2) is 7.79. The molecular formula is C19H20N2O5S. The first-order chi connectivity index (χ1) is 12.9. The number of carbonyl (C=O) groups excluding carboxylic acids is 2. The van der Waals surface area contributed by atoms with Gasteiger partial charge in [0, 0.05) is 24.3 Å². The van der Waals surface area contributed by atoms with Crippen molar-refractivity contribution in [3.63, 3.8) is 0 Å². The molecule has 1 amide bonds. The van der Waals surface area contributed by atoms with E-state index < -0.39 is 16.0 Å². The highest BCUT2D eigenvalue weighted by Crippen LogP contribution is 2.24. The summed E-state index contributed by atoms with van der Waals surface area (Å²) in [6, 6.07) is 12.2. The average Bonchev–Trinajstić information content (AvgIpc) is 3.08. The van der Waals surface area contributed by atoms with E-state index in [4.69, 9.17) is 4.74 Å². The van der Waals surface area contributed by atoms with E-state index in [1.54, 1.807) is 24.0 Å². The molecule has 2 aromatic carbocycles. The van der Waals surface area contributed by atoms with E-state index in [2.05, 4.69) is 4.72 Å². The molecular weight excluding hydrogens is 368 g/mol. The van der Waals surface area contributed by atoms with Gasteiger partial charge in [0.15, 0.2) is 0 Å². The Morgan fingerprint density at radius 2 is 1.78 bits per heavy atom. The van der Waals surface area contributed by atoms with Gasteiger partial charge in [0.25, 0.3) is 10.0 Å². The van der Waals surface area contributed by atoms with Crippen molar-refractivity contribution in [1.29, 1.82) is 0 Å². The molecule has 0 atom stereocenters. The summed E-state index contributed by atoms with van der Waals surface area (Å²) in [4.78, 5) is 25.2. The summed E-state index contributed by atoms with van der Waals surface area (Å²) in [5, 5.41) is 0. The summed E-state index contributed by atoms with van der Waals surface area (Å²) >= 11 is 0. The van der Waals surface area contributed by atoms with Crippen LogP contribution in [0.5, 0.6) is 0 Å². The molecule has 0 saturated carbocycles. The Hall–Kier alpha value is -2.87. The number of ether oxygens (including phenoxy) is 1. The third-order valence-corrected chi connectivity index (χ3v) is 5.58. The minimum Gasteiger partial charge on any atom is -0.462 e. The second-order valence-corrected chi connectivity index (χ2v) is 7.73. The molecule has 0 bridgehead atoms. The first-order valence-corrected chi connectivity index (χ1v) is 10.1. The third kappa shape index (κ3) is 4.28. The van der Waals surface area contributed by atoms with Gasteiger partial charge < -0.3 is 9.64 Å². The number of hydrogen-bond donors (Lipinski definition) is 1. The summed E-state index contributed by atoms with van der Waals surface area (Å²) in [6.07, 6.45) is 1.33. The van der Waals surface area contributed by atoms with Crippen LogP contribution in [0.4, 0.5) is 11.4 Å². The molecule has 1 saturated heterocycles. The van der Waals surface area contributed by atoms with Crippen molar-refractivity contribution in [2.75, 3.05) is 22.8 Å². The summed E-state index contributed by atoms with van der Waals surface area (Å²) in [7, 11) is -3.78. The Bertz CT molecular complexity index is 937. The number of hydrogen-bond acceptors (Lipinski definition) is 5. The topological polar surface area (TPSA) is 92.8 Å². The Morgan fingerprint density at radius 3 is 2.33 bits per heavy atom. The maximum Gasteiger partial charge on any atom is 0.338 e. The Balaban J connectivity index is 1.72. The van der Waals surface area contributed by atoms with Crippen LogP contribution in [0, 0.1) is 0 Å². The van der Waals surface area contributed by atoms with Gasteiger partial charge in [0.05, 0.1) is 17.1 Å². The van der Waals surface area contributed by atoms with Gasteiger partial charge in [-0.25, -0.2) is 13.2 Å². The van der Waals surface area contributed by atoms with Crippen molar-refractivity contribution in [3.8, 4) is 0 Å². The summed E-state index contributed by atoms with van der Waals surface area (Å²) in [5.41, 5.74) is 1.37. The van der Waals surface area contributed by atoms with E-state index >= 15 is 0 Å². The number of sulfonamides is 1. The van der Waals surface area contributed by atoms with E-state index in [9.17, 15) is 18.0 Å². The number of amides is 1. The number of rotatable bonds is 6. The minimum atomic E-state index is -3.78. The second-order valence-electron chi connectivity index (χ2n) is 6.05. The number of esters is 1. The molecule has 142 valence electrons. The first-order valence-electron chi connectivity index (χ1n) is 8.61. The lowest BCUT2D eigenvalue weighted by Crippen LogP contribution is -2.23. The van der Waals surface area contributed by atoms with Crippen LogP contribution in [0.1, 0.15) is 30.1 Å². The van der Waals surface area contributed by atoms with Crippen LogP contribution in [-0.4, -0.2) is 33.4 Å². The summed E-state index contributed by atoms with van der Waals surface area (Å²) in [5.74, 6) is -0.413. The molecule has 7 nitrogen and oxygen atoms in total. The highest BCUT2D eigenvalue weighted by atomic mass is 32.2. The van der Waals surface area contributed by atoms with Crippen molar-refractivity contribution >= 4 is 33.3 Å². The normalized spacial score (nSPS) is 14.3. The molecule has 3 rings (SSSR count). The van der Waals surface area contributed by atoms with E-state index in [1.807, 2.05) is 0 Å². The number of carbonyl (C=O) groups is 2. The molecule has 0 spiro atoms. The predicted molar refractivity (Wildman–Crippen MR) is 101 cm³/mol. The fraction of sp³-hybridized carbons (Fsp3) is 0.263. The number of nitrogens with one attached hydrogen (secondary N) is 1. The minimum absolute atomic E-state index is 0.0467. The molecule has 0 unspecified atom stereocenters. The van der Waals surface area contributed by atoms with Gasteiger partial charge >= 0.3 is 5.97 Å². The van der Waals surface area contributed by atoms with Crippen molar-refractivity contribution in [2.45, 2.75) is 24.7 Å². The molecule has 1 fully saturated rings. The molecule has 0 radical (unpaired) electrons. The van der Waals surface area contributed by atoms with Crippen molar-refractivity contribution < 1.29 is 22.7 Å². The van der Waals surface area contributed by atoms with Gasteiger partial charge in [0.1, 0.15) is 0 Å². The molecule has 27 heavy (non-hydrogen) atoms. The largest absolute Gasteiger partial charge is 0.462 e. The van der Waals surface area contributed by atoms with Crippen molar-refractivity contribution in [1.82, 2.24) is 0 Å². The van der Waals surface area contributed by atoms with E-state index in [-0.39, 0.29) is 17.4 Å². The predicted octanol–water partition coefficient (Wildman–Crippen LogP) is 2.79. The monoisotopic (exact) mass is 388 g/mol. The number of nitrogens with zero attached hydrogens (tertiary/aromatic N) is 1. The molecule has 1 N–H and O–H groups in total. The van der Waals surface area contributed by atoms with Crippen LogP contribution in [0.15, 0.2) is 53.4 Å². The lowest BCUT2D eigenvalue weighted by atomic mass is 10.2. The van der Waals surface area contributed by atoms with Crippen LogP contribution in [0.25, 0.3) is 0 Å². The highest BCUT2D eigenvalue weighted by molar-refractivity contribution is 7.92. The van der Waals surface area contributed by atoms with Crippen LogP contribution in [0.2, 0.25) is 0 Å². The van der Waals surface area contributed by atoms with E-state index in [0.29, 0.717) is 29.9 Å². The van der Waals surface area contributed by atoms with Gasteiger partial charge in [0.2, 0.25) is 5.91 Å². The van der Waals surface area contributed by atoms with Crippen molar-refractivity contribution in [2.24, 2.45) is 0 Å². The standard InChI is InChI=1S/C19H20N2O5S/c1-2-26-19(23)14-5-7-15(8-6-14)20-27(24,25)17-11-9-16(10-12-17)21-13-3-4-18(21)22/h5-12,20H,2-4,13H2,1H3. The molecule has 0 aromatic heterocycles. The molecule has 0 aliphatic carbocycles. The van der Waals surface area contributed by atoms with Gasteiger partial charge in [-0.2, -0.15) is 0 Å². The maximum absolute atomic E-state index is 12.5. The highest BCUT2D eigenvalue weighted by Gasteiger charge is 2.22. The molecule has 1 aliphatic rings. The quantitative estimate of drug-likeness (QED) is 0.768. The smallest absolute Gasteiger partial charge is 0.338 e. The van der Waals surface area contributed by atoms with Crippen LogP contribution >= 0.6 is 0 Å². The van der Waals surface area contributed by atoms with Gasteiger partial charge in [-0.3, -0.25) is 9.52 Å². The van der Waals surface area contributed by atoms with Gasteiger partial charge in [-0.15, -0.1) is 0 Å². The average molecular weight is 388 g/mol. The zero-order chi connectivity index (χ0) is 19.4. The zero-order valence-electron chi connectivity index (χ0n) is 14.8.